The second kappa shape index (κ2) is 9.90. The van der Waals surface area contributed by atoms with Crippen molar-refractivity contribution in [1.29, 1.82) is 0 Å². The molecule has 1 rings (SSSR count). The van der Waals surface area contributed by atoms with Crippen LogP contribution in [-0.4, -0.2) is 25.8 Å². The Kier molecular flexibility index (Phi) is 8.72. The maximum atomic E-state index is 5.85. The Morgan fingerprint density at radius 3 is 2.47 bits per heavy atom. The summed E-state index contributed by atoms with van der Waals surface area (Å²) in [5.41, 5.74) is 0. The van der Waals surface area contributed by atoms with E-state index in [1.54, 1.807) is 0 Å². The van der Waals surface area contributed by atoms with E-state index in [1.165, 1.54) is 57.9 Å². The van der Waals surface area contributed by atoms with Gasteiger partial charge in [0.25, 0.3) is 0 Å². The predicted molar refractivity (Wildman–Crippen MR) is 74.4 cm³/mol. The number of hydrogen-bond acceptors (Lipinski definition) is 2. The lowest BCUT2D eigenvalue weighted by atomic mass is 10.2. The number of rotatable bonds is 10. The molecule has 0 heterocycles. The molecule has 0 spiro atoms. The molecule has 2 heteroatoms. The summed E-state index contributed by atoms with van der Waals surface area (Å²) in [7, 11) is 0. The summed E-state index contributed by atoms with van der Waals surface area (Å²) in [6.45, 7) is 7.84. The maximum absolute atomic E-state index is 5.85. The van der Waals surface area contributed by atoms with Crippen molar-refractivity contribution in [2.75, 3.05) is 19.7 Å². The zero-order valence-corrected chi connectivity index (χ0v) is 11.8. The van der Waals surface area contributed by atoms with E-state index in [4.69, 9.17) is 4.74 Å². The molecule has 0 aromatic heterocycles. The van der Waals surface area contributed by atoms with Gasteiger partial charge in [0.05, 0.1) is 6.10 Å². The molecule has 0 aromatic rings. The van der Waals surface area contributed by atoms with Crippen molar-refractivity contribution in [1.82, 2.24) is 5.32 Å². The zero-order valence-electron chi connectivity index (χ0n) is 11.8. The third-order valence-electron chi connectivity index (χ3n) is 3.46. The molecule has 1 fully saturated rings. The Hall–Kier alpha value is -0.0800. The predicted octanol–water partition coefficient (Wildman–Crippen LogP) is 3.75. The van der Waals surface area contributed by atoms with Gasteiger partial charge < -0.3 is 10.1 Å². The third kappa shape index (κ3) is 8.62. The van der Waals surface area contributed by atoms with Gasteiger partial charge in [0.15, 0.2) is 0 Å². The molecule has 17 heavy (non-hydrogen) atoms. The van der Waals surface area contributed by atoms with Gasteiger partial charge in [0, 0.05) is 6.61 Å². The van der Waals surface area contributed by atoms with Crippen molar-refractivity contribution >= 4 is 0 Å². The van der Waals surface area contributed by atoms with Crippen LogP contribution in [0.2, 0.25) is 0 Å². The minimum Gasteiger partial charge on any atom is -0.378 e. The summed E-state index contributed by atoms with van der Waals surface area (Å²) < 4.78 is 5.85. The van der Waals surface area contributed by atoms with Gasteiger partial charge in [-0.2, -0.15) is 0 Å². The molecule has 102 valence electrons. The molecular formula is C15H31NO. The van der Waals surface area contributed by atoms with Crippen LogP contribution in [-0.2, 0) is 4.74 Å². The normalized spacial score (nSPS) is 17.1. The van der Waals surface area contributed by atoms with Crippen molar-refractivity contribution < 1.29 is 4.74 Å². The highest BCUT2D eigenvalue weighted by atomic mass is 16.5. The van der Waals surface area contributed by atoms with Crippen LogP contribution in [0.15, 0.2) is 0 Å². The van der Waals surface area contributed by atoms with Crippen molar-refractivity contribution in [2.24, 2.45) is 5.92 Å². The van der Waals surface area contributed by atoms with Crippen LogP contribution >= 0.6 is 0 Å². The van der Waals surface area contributed by atoms with Crippen molar-refractivity contribution in [3.05, 3.63) is 0 Å². The summed E-state index contributed by atoms with van der Waals surface area (Å²) in [5, 5.41) is 3.49. The number of unbranched alkanes of at least 4 members (excludes halogenated alkanes) is 3. The van der Waals surface area contributed by atoms with E-state index < -0.39 is 0 Å². The number of nitrogens with one attached hydrogen (secondary N) is 1. The molecule has 0 unspecified atom stereocenters. The first-order valence-electron chi connectivity index (χ1n) is 7.61. The van der Waals surface area contributed by atoms with Crippen LogP contribution in [0.5, 0.6) is 0 Å². The van der Waals surface area contributed by atoms with Gasteiger partial charge in [-0.25, -0.2) is 0 Å². The van der Waals surface area contributed by atoms with Gasteiger partial charge in [-0.05, 0) is 44.7 Å². The molecule has 0 aliphatic heterocycles. The molecule has 0 bridgehead atoms. The fourth-order valence-electron chi connectivity index (χ4n) is 2.40. The molecule has 0 radical (unpaired) electrons. The fourth-order valence-corrected chi connectivity index (χ4v) is 2.40. The van der Waals surface area contributed by atoms with E-state index >= 15 is 0 Å². The Balaban J connectivity index is 1.72. The summed E-state index contributed by atoms with van der Waals surface area (Å²) in [4.78, 5) is 0. The van der Waals surface area contributed by atoms with E-state index in [0.29, 0.717) is 6.10 Å². The molecule has 0 atom stereocenters. The molecular weight excluding hydrogens is 210 g/mol. The fraction of sp³-hybridized carbons (Fsp3) is 1.00. The Morgan fingerprint density at radius 2 is 1.76 bits per heavy atom. The largest absolute Gasteiger partial charge is 0.378 e. The number of ether oxygens (including phenoxy) is 1. The van der Waals surface area contributed by atoms with E-state index in [2.05, 4.69) is 19.2 Å². The van der Waals surface area contributed by atoms with Crippen molar-refractivity contribution in [3.8, 4) is 0 Å². The highest BCUT2D eigenvalue weighted by Gasteiger charge is 2.14. The average Bonchev–Trinajstić information content (AvgIpc) is 2.79. The molecule has 0 aromatic carbocycles. The van der Waals surface area contributed by atoms with E-state index in [1.807, 2.05) is 0 Å². The lowest BCUT2D eigenvalue weighted by Gasteiger charge is -2.10. The first-order valence-corrected chi connectivity index (χ1v) is 7.61. The van der Waals surface area contributed by atoms with Crippen LogP contribution in [0.4, 0.5) is 0 Å². The summed E-state index contributed by atoms with van der Waals surface area (Å²) in [6, 6.07) is 0. The van der Waals surface area contributed by atoms with Gasteiger partial charge in [0.1, 0.15) is 0 Å². The van der Waals surface area contributed by atoms with Crippen LogP contribution in [0, 0.1) is 5.92 Å². The van der Waals surface area contributed by atoms with Crippen molar-refractivity contribution in [2.45, 2.75) is 71.3 Å². The second-order valence-electron chi connectivity index (χ2n) is 5.79. The summed E-state index contributed by atoms with van der Waals surface area (Å²) >= 11 is 0. The third-order valence-corrected chi connectivity index (χ3v) is 3.46. The number of hydrogen-bond donors (Lipinski definition) is 1. The minimum absolute atomic E-state index is 0.600. The average molecular weight is 241 g/mol. The van der Waals surface area contributed by atoms with Gasteiger partial charge in [0.2, 0.25) is 0 Å². The standard InChI is InChI=1S/C15H31NO/c1-14(2)13-16-11-7-3-4-8-12-17-15-9-5-6-10-15/h14-16H,3-13H2,1-2H3. The van der Waals surface area contributed by atoms with Gasteiger partial charge in [-0.1, -0.05) is 39.5 Å². The van der Waals surface area contributed by atoms with Gasteiger partial charge in [-0.15, -0.1) is 0 Å². The molecule has 1 aliphatic carbocycles. The highest BCUT2D eigenvalue weighted by Crippen LogP contribution is 2.21. The minimum atomic E-state index is 0.600. The first-order chi connectivity index (χ1) is 8.29. The Labute approximate surface area is 108 Å². The Bertz CT molecular complexity index is 164. The van der Waals surface area contributed by atoms with Crippen LogP contribution in [0.3, 0.4) is 0 Å². The lowest BCUT2D eigenvalue weighted by molar-refractivity contribution is 0.0556. The quantitative estimate of drug-likeness (QED) is 0.588. The zero-order chi connectivity index (χ0) is 12.3. The molecule has 2 nitrogen and oxygen atoms in total. The van der Waals surface area contributed by atoms with E-state index in [-0.39, 0.29) is 0 Å². The molecule has 1 N–H and O–H groups in total. The monoisotopic (exact) mass is 241 g/mol. The molecule has 0 saturated heterocycles. The summed E-state index contributed by atoms with van der Waals surface area (Å²) in [6.07, 6.45) is 11.2. The van der Waals surface area contributed by atoms with E-state index in [9.17, 15) is 0 Å². The van der Waals surface area contributed by atoms with Crippen LogP contribution < -0.4 is 5.32 Å². The highest BCUT2D eigenvalue weighted by molar-refractivity contribution is 4.66. The maximum Gasteiger partial charge on any atom is 0.0575 e. The topological polar surface area (TPSA) is 21.3 Å². The molecule has 0 amide bonds. The summed E-state index contributed by atoms with van der Waals surface area (Å²) in [5.74, 6) is 0.773. The smallest absolute Gasteiger partial charge is 0.0575 e. The second-order valence-corrected chi connectivity index (χ2v) is 5.79. The van der Waals surface area contributed by atoms with Gasteiger partial charge >= 0.3 is 0 Å². The van der Waals surface area contributed by atoms with Crippen LogP contribution in [0.1, 0.15) is 65.2 Å². The van der Waals surface area contributed by atoms with E-state index in [0.717, 1.165) is 19.1 Å². The Morgan fingerprint density at radius 1 is 1.06 bits per heavy atom. The van der Waals surface area contributed by atoms with Crippen LogP contribution in [0.25, 0.3) is 0 Å². The van der Waals surface area contributed by atoms with Crippen molar-refractivity contribution in [3.63, 3.8) is 0 Å². The molecule has 1 saturated carbocycles. The first kappa shape index (κ1) is 15.0. The van der Waals surface area contributed by atoms with Gasteiger partial charge in [-0.3, -0.25) is 0 Å². The lowest BCUT2D eigenvalue weighted by Crippen LogP contribution is -2.20. The SMILES string of the molecule is CC(C)CNCCCCCCOC1CCCC1. The molecule has 1 aliphatic rings.